The fourth-order valence-corrected chi connectivity index (χ4v) is 2.10. The largest absolute Gasteiger partial charge is 0.349 e. The van der Waals surface area contributed by atoms with Crippen molar-refractivity contribution in [3.63, 3.8) is 0 Å². The van der Waals surface area contributed by atoms with Crippen LogP contribution in [0.4, 0.5) is 0 Å². The molecule has 0 spiro atoms. The summed E-state index contributed by atoms with van der Waals surface area (Å²) in [6.45, 7) is 0.853. The Hall–Kier alpha value is -1.03. The van der Waals surface area contributed by atoms with E-state index in [0.717, 1.165) is 18.9 Å². The van der Waals surface area contributed by atoms with Crippen LogP contribution in [-0.4, -0.2) is 50.5 Å². The van der Waals surface area contributed by atoms with Crippen LogP contribution in [0.2, 0.25) is 0 Å². The van der Waals surface area contributed by atoms with Gasteiger partial charge in [-0.1, -0.05) is 6.07 Å². The first kappa shape index (κ1) is 12.0. The molecule has 15 heavy (non-hydrogen) atoms. The molecule has 0 amide bonds. The Bertz CT molecular complexity index is 292. The summed E-state index contributed by atoms with van der Waals surface area (Å²) < 4.78 is 0. The normalized spacial score (nSPS) is 9.87. The highest BCUT2D eigenvalue weighted by Crippen LogP contribution is 2.08. The summed E-state index contributed by atoms with van der Waals surface area (Å²) in [5, 5.41) is 2.11. The summed E-state index contributed by atoms with van der Waals surface area (Å²) in [6.07, 6.45) is 1.03. The van der Waals surface area contributed by atoms with Crippen molar-refractivity contribution < 1.29 is 0 Å². The smallest absolute Gasteiger partial charge is 0.195 e. The van der Waals surface area contributed by atoms with Crippen LogP contribution in [0.3, 0.4) is 0 Å². The van der Waals surface area contributed by atoms with Gasteiger partial charge in [0, 0.05) is 46.0 Å². The van der Waals surface area contributed by atoms with Crippen LogP contribution >= 0.6 is 11.3 Å². The van der Waals surface area contributed by atoms with Gasteiger partial charge in [0.15, 0.2) is 5.96 Å². The first-order valence-electron chi connectivity index (χ1n) is 5.02. The molecular weight excluding hydrogens is 206 g/mol. The van der Waals surface area contributed by atoms with Crippen molar-refractivity contribution in [1.29, 1.82) is 0 Å². The van der Waals surface area contributed by atoms with Crippen molar-refractivity contribution in [1.82, 2.24) is 9.80 Å². The van der Waals surface area contributed by atoms with Gasteiger partial charge in [-0.3, -0.25) is 4.99 Å². The third-order valence-electron chi connectivity index (χ3n) is 1.99. The van der Waals surface area contributed by atoms with Gasteiger partial charge in [-0.25, -0.2) is 0 Å². The topological polar surface area (TPSA) is 18.8 Å². The van der Waals surface area contributed by atoms with Crippen LogP contribution in [0, 0.1) is 0 Å². The van der Waals surface area contributed by atoms with Gasteiger partial charge in [0.2, 0.25) is 0 Å². The van der Waals surface area contributed by atoms with Gasteiger partial charge in [-0.15, -0.1) is 11.3 Å². The molecule has 84 valence electrons. The Balaban J connectivity index is 2.47. The molecule has 1 rings (SSSR count). The number of hydrogen-bond donors (Lipinski definition) is 0. The van der Waals surface area contributed by atoms with E-state index in [1.165, 1.54) is 4.88 Å². The fraction of sp³-hybridized carbons (Fsp3) is 0.545. The second-order valence-corrected chi connectivity index (χ2v) is 4.83. The molecule has 0 atom stereocenters. The van der Waals surface area contributed by atoms with E-state index in [4.69, 9.17) is 0 Å². The fourth-order valence-electron chi connectivity index (χ4n) is 1.40. The van der Waals surface area contributed by atoms with E-state index in [1.807, 2.05) is 38.0 Å². The number of guanidine groups is 1. The molecule has 0 saturated carbocycles. The molecule has 0 saturated heterocycles. The van der Waals surface area contributed by atoms with E-state index in [0.29, 0.717) is 0 Å². The molecule has 0 aliphatic rings. The lowest BCUT2D eigenvalue weighted by molar-refractivity contribution is 0.479. The molecule has 0 bridgehead atoms. The maximum absolute atomic E-state index is 4.57. The maximum Gasteiger partial charge on any atom is 0.195 e. The van der Waals surface area contributed by atoms with E-state index >= 15 is 0 Å². The van der Waals surface area contributed by atoms with Crippen LogP contribution in [0.1, 0.15) is 4.88 Å². The summed E-state index contributed by atoms with van der Waals surface area (Å²) in [5.41, 5.74) is 0. The van der Waals surface area contributed by atoms with E-state index in [-0.39, 0.29) is 0 Å². The van der Waals surface area contributed by atoms with Crippen molar-refractivity contribution in [2.24, 2.45) is 4.99 Å². The average Bonchev–Trinajstić information content (AvgIpc) is 2.63. The van der Waals surface area contributed by atoms with Crippen LogP contribution in [0.5, 0.6) is 0 Å². The van der Waals surface area contributed by atoms with Crippen molar-refractivity contribution in [2.45, 2.75) is 6.42 Å². The lowest BCUT2D eigenvalue weighted by Crippen LogP contribution is -2.35. The molecule has 0 fully saturated rings. The van der Waals surface area contributed by atoms with Crippen LogP contribution in [0.25, 0.3) is 0 Å². The van der Waals surface area contributed by atoms with Crippen molar-refractivity contribution >= 4 is 17.3 Å². The van der Waals surface area contributed by atoms with Crippen LogP contribution in [0.15, 0.2) is 22.5 Å². The van der Waals surface area contributed by atoms with Crippen LogP contribution < -0.4 is 0 Å². The number of nitrogens with zero attached hydrogens (tertiary/aromatic N) is 3. The maximum atomic E-state index is 4.57. The van der Waals surface area contributed by atoms with E-state index < -0.39 is 0 Å². The third-order valence-corrected chi connectivity index (χ3v) is 2.93. The standard InChI is InChI=1S/C11H19N3S/c1-13(2)11(14(3)4)12-8-7-10-6-5-9-15-10/h5-6,9H,7-8H2,1-4H3. The SMILES string of the molecule is CN(C)C(=NCCc1cccs1)N(C)C. The minimum Gasteiger partial charge on any atom is -0.349 e. The molecule has 0 unspecified atom stereocenters. The van der Waals surface area contributed by atoms with E-state index in [9.17, 15) is 0 Å². The number of aliphatic imine (C=N–C) groups is 1. The number of rotatable bonds is 3. The predicted molar refractivity (Wildman–Crippen MR) is 67.7 cm³/mol. The van der Waals surface area contributed by atoms with Gasteiger partial charge in [-0.05, 0) is 11.4 Å². The molecule has 0 aromatic carbocycles. The Morgan fingerprint density at radius 1 is 1.27 bits per heavy atom. The van der Waals surface area contributed by atoms with Gasteiger partial charge in [-0.2, -0.15) is 0 Å². The molecular formula is C11H19N3S. The summed E-state index contributed by atoms with van der Waals surface area (Å²) in [6, 6.07) is 4.24. The highest BCUT2D eigenvalue weighted by molar-refractivity contribution is 7.09. The quantitative estimate of drug-likeness (QED) is 0.577. The van der Waals surface area contributed by atoms with Crippen molar-refractivity contribution in [2.75, 3.05) is 34.7 Å². The van der Waals surface area contributed by atoms with Crippen molar-refractivity contribution in [3.05, 3.63) is 22.4 Å². The van der Waals surface area contributed by atoms with Gasteiger partial charge in [0.1, 0.15) is 0 Å². The third kappa shape index (κ3) is 3.91. The zero-order valence-corrected chi connectivity index (χ0v) is 10.7. The molecule has 0 aliphatic carbocycles. The van der Waals surface area contributed by atoms with Gasteiger partial charge in [0.05, 0.1) is 0 Å². The summed E-state index contributed by atoms with van der Waals surface area (Å²) in [7, 11) is 8.07. The van der Waals surface area contributed by atoms with E-state index in [2.05, 4.69) is 22.5 Å². The second kappa shape index (κ2) is 5.75. The number of hydrogen-bond acceptors (Lipinski definition) is 2. The average molecular weight is 225 g/mol. The number of thiophene rings is 1. The molecule has 4 heteroatoms. The van der Waals surface area contributed by atoms with Gasteiger partial charge in [0.25, 0.3) is 0 Å². The minimum atomic E-state index is 0.853. The van der Waals surface area contributed by atoms with Gasteiger partial charge >= 0.3 is 0 Å². The first-order valence-corrected chi connectivity index (χ1v) is 5.90. The second-order valence-electron chi connectivity index (χ2n) is 3.80. The Morgan fingerprint density at radius 3 is 2.40 bits per heavy atom. The predicted octanol–water partition coefficient (Wildman–Crippen LogP) is 1.77. The zero-order valence-electron chi connectivity index (χ0n) is 9.90. The lowest BCUT2D eigenvalue weighted by Gasteiger charge is -2.22. The summed E-state index contributed by atoms with van der Waals surface area (Å²) in [4.78, 5) is 10.0. The Morgan fingerprint density at radius 2 is 1.93 bits per heavy atom. The molecule has 1 aromatic rings. The first-order chi connectivity index (χ1) is 7.11. The molecule has 3 nitrogen and oxygen atoms in total. The molecule has 1 aromatic heterocycles. The highest BCUT2D eigenvalue weighted by atomic mass is 32.1. The Labute approximate surface area is 96.0 Å². The molecule has 0 aliphatic heterocycles. The van der Waals surface area contributed by atoms with Gasteiger partial charge < -0.3 is 9.80 Å². The molecule has 0 N–H and O–H groups in total. The van der Waals surface area contributed by atoms with Crippen molar-refractivity contribution in [3.8, 4) is 0 Å². The highest BCUT2D eigenvalue weighted by Gasteiger charge is 2.03. The summed E-state index contributed by atoms with van der Waals surface area (Å²) in [5.74, 6) is 1.02. The van der Waals surface area contributed by atoms with E-state index in [1.54, 1.807) is 11.3 Å². The monoisotopic (exact) mass is 225 g/mol. The zero-order chi connectivity index (χ0) is 11.3. The molecule has 1 heterocycles. The van der Waals surface area contributed by atoms with Crippen LogP contribution in [-0.2, 0) is 6.42 Å². The Kier molecular flexibility index (Phi) is 4.62. The summed E-state index contributed by atoms with van der Waals surface area (Å²) >= 11 is 1.79. The minimum absolute atomic E-state index is 0.853. The molecule has 0 radical (unpaired) electrons. The lowest BCUT2D eigenvalue weighted by atomic mass is 10.3.